The van der Waals surface area contributed by atoms with Gasteiger partial charge in [-0.2, -0.15) is 13.2 Å². The zero-order valence-corrected chi connectivity index (χ0v) is 23.0. The summed E-state index contributed by atoms with van der Waals surface area (Å²) in [4.78, 5) is 8.56. The molecule has 38 heavy (non-hydrogen) atoms. The van der Waals surface area contributed by atoms with E-state index in [4.69, 9.17) is 14.5 Å². The topological polar surface area (TPSA) is 100 Å². The van der Waals surface area contributed by atoms with Crippen LogP contribution < -0.4 is 16.0 Å². The normalized spacial score (nSPS) is 32.4. The van der Waals surface area contributed by atoms with Gasteiger partial charge in [0, 0.05) is 5.92 Å². The molecule has 1 aliphatic carbocycles. The van der Waals surface area contributed by atoms with Crippen molar-refractivity contribution >= 4 is 33.1 Å². The van der Waals surface area contributed by atoms with Crippen molar-refractivity contribution in [1.82, 2.24) is 20.9 Å². The van der Waals surface area contributed by atoms with E-state index >= 15 is 0 Å². The summed E-state index contributed by atoms with van der Waals surface area (Å²) in [5.41, 5.74) is -0.143. The van der Waals surface area contributed by atoms with Crippen LogP contribution in [0.3, 0.4) is 0 Å². The van der Waals surface area contributed by atoms with E-state index in [1.165, 1.54) is 11.3 Å². The van der Waals surface area contributed by atoms with E-state index in [9.17, 15) is 18.3 Å². The molecule has 2 unspecified atom stereocenters. The molecule has 5 atom stereocenters. The van der Waals surface area contributed by atoms with Gasteiger partial charge < -0.3 is 30.5 Å². The molecular weight excluding hydrogens is 519 g/mol. The number of alkyl halides is 3. The highest BCUT2D eigenvalue weighted by Gasteiger charge is 2.62. The summed E-state index contributed by atoms with van der Waals surface area (Å²) in [5.74, 6) is -0.568. The molecule has 0 radical (unpaired) electrons. The van der Waals surface area contributed by atoms with Gasteiger partial charge in [-0.1, -0.05) is 12.1 Å². The fourth-order valence-electron chi connectivity index (χ4n) is 5.67. The first-order chi connectivity index (χ1) is 17.5. The highest BCUT2D eigenvalue weighted by atomic mass is 32.1. The number of nitrogens with one attached hydrogen (secondary N) is 3. The molecule has 1 aromatic heterocycles. The number of hydrogen-bond donors (Lipinski definition) is 4. The highest BCUT2D eigenvalue weighted by molar-refractivity contribution is 7.19. The number of halogens is 3. The van der Waals surface area contributed by atoms with Crippen molar-refractivity contribution in [1.29, 1.82) is 0 Å². The minimum absolute atomic E-state index is 0.0169. The number of aromatic nitrogens is 1. The predicted molar refractivity (Wildman–Crippen MR) is 140 cm³/mol. The summed E-state index contributed by atoms with van der Waals surface area (Å²) in [7, 11) is 0. The van der Waals surface area contributed by atoms with Crippen LogP contribution in [0.5, 0.6) is 0 Å². The van der Waals surface area contributed by atoms with Crippen LogP contribution in [0.4, 0.5) is 13.2 Å². The van der Waals surface area contributed by atoms with Crippen LogP contribution in [0.15, 0.2) is 35.1 Å². The molecular formula is C26H34F3N5O3S. The molecule has 12 heteroatoms. The number of fused-ring (bicyclic) bond motifs is 2. The first-order valence-corrected chi connectivity index (χ1v) is 13.5. The molecule has 3 aliphatic rings. The van der Waals surface area contributed by atoms with Crippen molar-refractivity contribution in [2.75, 3.05) is 6.54 Å². The number of ether oxygens (including phenoxy) is 2. The minimum Gasteiger partial charge on any atom is -0.390 e. The van der Waals surface area contributed by atoms with E-state index in [0.717, 1.165) is 20.8 Å². The summed E-state index contributed by atoms with van der Waals surface area (Å²) < 4.78 is 52.5. The van der Waals surface area contributed by atoms with Crippen LogP contribution >= 0.6 is 11.3 Å². The Bertz CT molecular complexity index is 1250. The van der Waals surface area contributed by atoms with Gasteiger partial charge in [0.2, 0.25) is 0 Å². The molecule has 1 aromatic carbocycles. The molecule has 4 N–H and O–H groups in total. The van der Waals surface area contributed by atoms with Gasteiger partial charge >= 0.3 is 6.18 Å². The Kier molecular flexibility index (Phi) is 6.49. The molecule has 8 nitrogen and oxygen atoms in total. The maximum absolute atomic E-state index is 13.0. The van der Waals surface area contributed by atoms with Crippen molar-refractivity contribution in [3.8, 4) is 0 Å². The van der Waals surface area contributed by atoms with Crippen LogP contribution in [0.25, 0.3) is 15.8 Å². The van der Waals surface area contributed by atoms with Gasteiger partial charge in [0.25, 0.3) is 0 Å². The molecule has 2 aliphatic heterocycles. The van der Waals surface area contributed by atoms with Crippen LogP contribution in [0.1, 0.15) is 53.0 Å². The zero-order chi connectivity index (χ0) is 27.7. The first kappa shape index (κ1) is 27.2. The number of para-hydroxylation sites is 1. The molecule has 0 spiro atoms. The molecule has 2 aromatic rings. The molecule has 1 saturated carbocycles. The monoisotopic (exact) mass is 553 g/mol. The van der Waals surface area contributed by atoms with Gasteiger partial charge in [-0.25, -0.2) is 9.98 Å². The van der Waals surface area contributed by atoms with Crippen LogP contribution in [-0.4, -0.2) is 63.9 Å². The predicted octanol–water partition coefficient (Wildman–Crippen LogP) is 4.12. The second-order valence-electron chi connectivity index (χ2n) is 11.6. The lowest BCUT2D eigenvalue weighted by atomic mass is 9.86. The molecule has 1 saturated heterocycles. The Morgan fingerprint density at radius 1 is 1.21 bits per heavy atom. The van der Waals surface area contributed by atoms with E-state index < -0.39 is 41.8 Å². The van der Waals surface area contributed by atoms with Gasteiger partial charge in [-0.15, -0.1) is 11.3 Å². The minimum atomic E-state index is -4.44. The largest absolute Gasteiger partial charge is 0.408 e. The van der Waals surface area contributed by atoms with Gasteiger partial charge in [-0.05, 0) is 60.1 Å². The molecule has 3 heterocycles. The van der Waals surface area contributed by atoms with Crippen molar-refractivity contribution in [3.05, 3.63) is 35.1 Å². The van der Waals surface area contributed by atoms with E-state index in [1.807, 2.05) is 52.0 Å². The third-order valence-electron chi connectivity index (χ3n) is 7.36. The Labute approximate surface area is 223 Å². The zero-order valence-electron chi connectivity index (χ0n) is 22.2. The number of nitrogens with zero attached hydrogens (tertiary/aromatic N) is 2. The summed E-state index contributed by atoms with van der Waals surface area (Å²) in [6.07, 6.45) is -4.71. The summed E-state index contributed by atoms with van der Waals surface area (Å²) in [6, 6.07) is 7.37. The van der Waals surface area contributed by atoms with Crippen LogP contribution in [0, 0.1) is 5.92 Å². The number of rotatable bonds is 5. The summed E-state index contributed by atoms with van der Waals surface area (Å²) in [6.45, 7) is 9.74. The number of benzene rings is 1. The van der Waals surface area contributed by atoms with Crippen molar-refractivity contribution in [2.24, 2.45) is 10.9 Å². The van der Waals surface area contributed by atoms with Gasteiger partial charge in [0.1, 0.15) is 23.5 Å². The molecule has 0 bridgehead atoms. The Morgan fingerprint density at radius 3 is 2.58 bits per heavy atom. The van der Waals surface area contributed by atoms with Crippen molar-refractivity contribution < 1.29 is 27.8 Å². The smallest absolute Gasteiger partial charge is 0.390 e. The molecule has 2 fully saturated rings. The third-order valence-corrected chi connectivity index (χ3v) is 8.42. The van der Waals surface area contributed by atoms with Crippen molar-refractivity contribution in [3.63, 3.8) is 0 Å². The number of hydrogen-bond acceptors (Lipinski definition) is 7. The van der Waals surface area contributed by atoms with Gasteiger partial charge in [0.15, 0.2) is 11.7 Å². The fourth-order valence-corrected chi connectivity index (χ4v) is 6.78. The first-order valence-electron chi connectivity index (χ1n) is 12.7. The SMILES string of the molecule is CC1NC(=NCC(F)(F)F)NC(NC2(C)C[C@H](C(C)(C)O)[C@H]3OC(C)(C)O[C@H]32)=C1c1nc2ccccc2s1. The Morgan fingerprint density at radius 2 is 1.92 bits per heavy atom. The van der Waals surface area contributed by atoms with E-state index in [1.54, 1.807) is 13.8 Å². The lowest BCUT2D eigenvalue weighted by Crippen LogP contribution is -2.58. The maximum Gasteiger partial charge on any atom is 0.408 e. The van der Waals surface area contributed by atoms with Gasteiger partial charge in [-0.3, -0.25) is 0 Å². The Balaban J connectivity index is 1.57. The molecule has 5 rings (SSSR count). The second kappa shape index (κ2) is 9.07. The average Bonchev–Trinajstić information content (AvgIpc) is 3.41. The molecule has 0 amide bonds. The number of aliphatic hydroxyl groups is 1. The fraction of sp³-hybridized carbons (Fsp3) is 0.615. The average molecular weight is 554 g/mol. The molecule has 208 valence electrons. The Hall–Kier alpha value is -2.41. The number of guanidine groups is 1. The number of aliphatic imine (C=N–C) groups is 1. The van der Waals surface area contributed by atoms with Crippen LogP contribution in [0.2, 0.25) is 0 Å². The lowest BCUT2D eigenvalue weighted by Gasteiger charge is -2.39. The summed E-state index contributed by atoms with van der Waals surface area (Å²) >= 11 is 1.51. The van der Waals surface area contributed by atoms with E-state index in [2.05, 4.69) is 20.9 Å². The standard InChI is InChI=1S/C26H34F3N5O3S/c1-13-17(21-32-15-9-7-8-10-16(15)38-21)20(33-22(31-13)30-12-26(27,28)29)34-25(6)11-14(23(2,3)35)18-19(25)37-24(4,5)36-18/h7-10,13-14,18-19,34-35H,11-12H2,1-6H3,(H2,30,31,33)/t13?,14-,18+,19+,25?/m0/s1. The number of thiazole rings is 1. The van der Waals surface area contributed by atoms with Crippen LogP contribution in [-0.2, 0) is 9.47 Å². The van der Waals surface area contributed by atoms with Gasteiger partial charge in [0.05, 0.1) is 39.1 Å². The second-order valence-corrected chi connectivity index (χ2v) is 12.6. The maximum atomic E-state index is 13.0. The quantitative estimate of drug-likeness (QED) is 0.442. The van der Waals surface area contributed by atoms with E-state index in [0.29, 0.717) is 12.2 Å². The highest BCUT2D eigenvalue weighted by Crippen LogP contribution is 2.50. The third kappa shape index (κ3) is 5.23. The lowest BCUT2D eigenvalue weighted by molar-refractivity contribution is -0.172. The summed E-state index contributed by atoms with van der Waals surface area (Å²) in [5, 5.41) is 21.4. The van der Waals surface area contributed by atoms with Crippen molar-refractivity contribution in [2.45, 2.75) is 89.3 Å². The van der Waals surface area contributed by atoms with E-state index in [-0.39, 0.29) is 18.0 Å².